The molecule has 0 aromatic heterocycles. The van der Waals surface area contributed by atoms with Gasteiger partial charge in [0.05, 0.1) is 18.1 Å². The maximum atomic E-state index is 11.5. The Hall–Kier alpha value is -0.130. The van der Waals surface area contributed by atoms with Crippen LogP contribution in [0.1, 0.15) is 26.7 Å². The predicted molar refractivity (Wildman–Crippen MR) is 67.5 cm³/mol. The maximum absolute atomic E-state index is 11.5. The lowest BCUT2D eigenvalue weighted by Crippen LogP contribution is -2.21. The van der Waals surface area contributed by atoms with Crippen molar-refractivity contribution in [3.05, 3.63) is 0 Å². The highest BCUT2D eigenvalue weighted by Crippen LogP contribution is 2.03. The minimum atomic E-state index is -2.83. The van der Waals surface area contributed by atoms with Gasteiger partial charge in [-0.05, 0) is 25.3 Å². The fraction of sp³-hybridized carbons (Fsp3) is 1.00. The second kappa shape index (κ2) is 8.96. The monoisotopic (exact) mass is 251 g/mol. The van der Waals surface area contributed by atoms with Gasteiger partial charge in [0, 0.05) is 13.7 Å². The third-order valence-electron chi connectivity index (χ3n) is 2.13. The molecule has 0 saturated carbocycles. The Kier molecular flexibility index (Phi) is 8.89. The molecule has 0 aliphatic rings. The number of unbranched alkanes of at least 4 members (excludes halogenated alkanes) is 1. The third kappa shape index (κ3) is 10.4. The highest BCUT2D eigenvalue weighted by atomic mass is 32.2. The van der Waals surface area contributed by atoms with Crippen LogP contribution in [0.2, 0.25) is 0 Å². The van der Waals surface area contributed by atoms with Gasteiger partial charge in [-0.25, -0.2) is 8.42 Å². The van der Waals surface area contributed by atoms with Crippen molar-refractivity contribution in [2.75, 3.05) is 38.3 Å². The Morgan fingerprint density at radius 1 is 1.19 bits per heavy atom. The van der Waals surface area contributed by atoms with Gasteiger partial charge < -0.3 is 10.1 Å². The molecule has 0 aliphatic heterocycles. The van der Waals surface area contributed by atoms with E-state index >= 15 is 0 Å². The SMILES string of the molecule is COCCNCCCCS(=O)(=O)CC(C)C. The van der Waals surface area contributed by atoms with Gasteiger partial charge in [0.25, 0.3) is 0 Å². The molecule has 0 atom stereocenters. The van der Waals surface area contributed by atoms with E-state index in [1.54, 1.807) is 7.11 Å². The fourth-order valence-electron chi connectivity index (χ4n) is 1.46. The minimum absolute atomic E-state index is 0.227. The molecule has 0 spiro atoms. The second-order valence-electron chi connectivity index (χ2n) is 4.46. The van der Waals surface area contributed by atoms with Crippen LogP contribution in [0, 0.1) is 5.92 Å². The van der Waals surface area contributed by atoms with E-state index in [1.165, 1.54) is 0 Å². The summed E-state index contributed by atoms with van der Waals surface area (Å²) in [7, 11) is -1.16. The van der Waals surface area contributed by atoms with Crippen LogP contribution in [0.5, 0.6) is 0 Å². The molecule has 0 saturated heterocycles. The molecule has 0 radical (unpaired) electrons. The highest BCUT2D eigenvalue weighted by molar-refractivity contribution is 7.91. The number of nitrogens with one attached hydrogen (secondary N) is 1. The van der Waals surface area contributed by atoms with Crippen LogP contribution in [0.15, 0.2) is 0 Å². The van der Waals surface area contributed by atoms with E-state index in [-0.39, 0.29) is 5.92 Å². The van der Waals surface area contributed by atoms with Crippen molar-refractivity contribution in [3.8, 4) is 0 Å². The Morgan fingerprint density at radius 2 is 1.88 bits per heavy atom. The summed E-state index contributed by atoms with van der Waals surface area (Å²) in [4.78, 5) is 0. The minimum Gasteiger partial charge on any atom is -0.383 e. The Bertz CT molecular complexity index is 250. The standard InChI is InChI=1S/C11H25NO3S/c1-11(2)10-16(13,14)9-5-4-6-12-7-8-15-3/h11-12H,4-10H2,1-3H3. The van der Waals surface area contributed by atoms with E-state index in [4.69, 9.17) is 4.74 Å². The van der Waals surface area contributed by atoms with Gasteiger partial charge in [-0.1, -0.05) is 13.8 Å². The second-order valence-corrected chi connectivity index (χ2v) is 6.69. The lowest BCUT2D eigenvalue weighted by atomic mass is 10.3. The molecule has 98 valence electrons. The maximum Gasteiger partial charge on any atom is 0.150 e. The average Bonchev–Trinajstić information content (AvgIpc) is 2.14. The van der Waals surface area contributed by atoms with Crippen molar-refractivity contribution in [3.63, 3.8) is 0 Å². The van der Waals surface area contributed by atoms with Gasteiger partial charge in [0.1, 0.15) is 0 Å². The summed E-state index contributed by atoms with van der Waals surface area (Å²) in [5, 5.41) is 3.19. The molecule has 0 fully saturated rings. The van der Waals surface area contributed by atoms with Gasteiger partial charge in [0.2, 0.25) is 0 Å². The predicted octanol–water partition coefficient (Wildman–Crippen LogP) is 1.07. The first kappa shape index (κ1) is 15.9. The zero-order chi connectivity index (χ0) is 12.4. The van der Waals surface area contributed by atoms with Crippen LogP contribution in [-0.4, -0.2) is 46.7 Å². The van der Waals surface area contributed by atoms with E-state index < -0.39 is 9.84 Å². The Balaban J connectivity index is 3.44. The lowest BCUT2D eigenvalue weighted by Gasteiger charge is -2.07. The first-order valence-corrected chi connectivity index (χ1v) is 7.70. The van der Waals surface area contributed by atoms with Gasteiger partial charge >= 0.3 is 0 Å². The summed E-state index contributed by atoms with van der Waals surface area (Å²) in [6, 6.07) is 0. The molecule has 0 rings (SSSR count). The lowest BCUT2D eigenvalue weighted by molar-refractivity contribution is 0.199. The molecule has 1 N–H and O–H groups in total. The first-order chi connectivity index (χ1) is 7.48. The van der Waals surface area contributed by atoms with Crippen LogP contribution in [0.4, 0.5) is 0 Å². The molecule has 0 aliphatic carbocycles. The number of hydrogen-bond acceptors (Lipinski definition) is 4. The first-order valence-electron chi connectivity index (χ1n) is 5.88. The fourth-order valence-corrected chi connectivity index (χ4v) is 3.29. The summed E-state index contributed by atoms with van der Waals surface area (Å²) < 4.78 is 28.0. The normalized spacial score (nSPS) is 12.2. The Morgan fingerprint density at radius 3 is 2.44 bits per heavy atom. The largest absolute Gasteiger partial charge is 0.383 e. The number of methoxy groups -OCH3 is 1. The zero-order valence-corrected chi connectivity index (χ0v) is 11.5. The number of ether oxygens (including phenoxy) is 1. The molecular weight excluding hydrogens is 226 g/mol. The van der Waals surface area contributed by atoms with Crippen molar-refractivity contribution in [2.45, 2.75) is 26.7 Å². The van der Waals surface area contributed by atoms with Gasteiger partial charge in [0.15, 0.2) is 9.84 Å². The van der Waals surface area contributed by atoms with Crippen molar-refractivity contribution in [1.82, 2.24) is 5.32 Å². The molecule has 0 heterocycles. The quantitative estimate of drug-likeness (QED) is 0.590. The molecular formula is C11H25NO3S. The van der Waals surface area contributed by atoms with Crippen LogP contribution in [0.25, 0.3) is 0 Å². The van der Waals surface area contributed by atoms with Crippen LogP contribution in [-0.2, 0) is 14.6 Å². The van der Waals surface area contributed by atoms with Crippen LogP contribution < -0.4 is 5.32 Å². The molecule has 0 unspecified atom stereocenters. The summed E-state index contributed by atoms with van der Waals surface area (Å²) in [5.74, 6) is 0.853. The van der Waals surface area contributed by atoms with Gasteiger partial charge in [-0.2, -0.15) is 0 Å². The summed E-state index contributed by atoms with van der Waals surface area (Å²) >= 11 is 0. The highest BCUT2D eigenvalue weighted by Gasteiger charge is 2.12. The summed E-state index contributed by atoms with van der Waals surface area (Å²) in [6.45, 7) is 6.26. The third-order valence-corrected chi connectivity index (χ3v) is 4.21. The van der Waals surface area contributed by atoms with E-state index in [0.29, 0.717) is 18.1 Å². The van der Waals surface area contributed by atoms with Gasteiger partial charge in [-0.15, -0.1) is 0 Å². The topological polar surface area (TPSA) is 55.4 Å². The molecule has 0 amide bonds. The number of rotatable bonds is 10. The van der Waals surface area contributed by atoms with Crippen molar-refractivity contribution < 1.29 is 13.2 Å². The smallest absolute Gasteiger partial charge is 0.150 e. The molecule has 0 aromatic carbocycles. The summed E-state index contributed by atoms with van der Waals surface area (Å²) in [6.07, 6.45) is 1.65. The summed E-state index contributed by atoms with van der Waals surface area (Å²) in [5.41, 5.74) is 0. The van der Waals surface area contributed by atoms with Crippen molar-refractivity contribution in [2.24, 2.45) is 5.92 Å². The van der Waals surface area contributed by atoms with Crippen LogP contribution >= 0.6 is 0 Å². The Labute approximate surface area is 99.7 Å². The van der Waals surface area contributed by atoms with E-state index in [9.17, 15) is 8.42 Å². The average molecular weight is 251 g/mol. The van der Waals surface area contributed by atoms with Crippen molar-refractivity contribution >= 4 is 9.84 Å². The molecule has 16 heavy (non-hydrogen) atoms. The number of sulfone groups is 1. The van der Waals surface area contributed by atoms with E-state index in [2.05, 4.69) is 5.32 Å². The van der Waals surface area contributed by atoms with E-state index in [1.807, 2.05) is 13.8 Å². The molecule has 0 aromatic rings. The molecule has 0 bridgehead atoms. The van der Waals surface area contributed by atoms with Crippen molar-refractivity contribution in [1.29, 1.82) is 0 Å². The van der Waals surface area contributed by atoms with Crippen LogP contribution in [0.3, 0.4) is 0 Å². The van der Waals surface area contributed by atoms with Gasteiger partial charge in [-0.3, -0.25) is 0 Å². The number of hydrogen-bond donors (Lipinski definition) is 1. The molecule has 5 heteroatoms. The molecule has 4 nitrogen and oxygen atoms in total. The zero-order valence-electron chi connectivity index (χ0n) is 10.7. The van der Waals surface area contributed by atoms with E-state index in [0.717, 1.165) is 25.9 Å².